The van der Waals surface area contributed by atoms with Crippen LogP contribution in [0.1, 0.15) is 18.0 Å². The number of benzene rings is 1. The van der Waals surface area contributed by atoms with Crippen molar-refractivity contribution in [3.8, 4) is 0 Å². The molecule has 1 nitrogen and oxygen atoms in total. The van der Waals surface area contributed by atoms with E-state index in [9.17, 15) is 0 Å². The first-order valence-electron chi connectivity index (χ1n) is 3.71. The van der Waals surface area contributed by atoms with Crippen LogP contribution in [0.3, 0.4) is 0 Å². The van der Waals surface area contributed by atoms with Crippen molar-refractivity contribution in [3.63, 3.8) is 0 Å². The molecule has 2 N–H and O–H groups in total. The summed E-state index contributed by atoms with van der Waals surface area (Å²) in [6.07, 6.45) is 0.839. The summed E-state index contributed by atoms with van der Waals surface area (Å²) in [5.74, 6) is 0.621. The largest absolute Gasteiger partial charge is 0.324 e. The molecule has 0 spiro atoms. The Hall–Kier alpha value is -0.530. The van der Waals surface area contributed by atoms with Crippen LogP contribution in [0.4, 0.5) is 0 Å². The molecule has 11 heavy (non-hydrogen) atoms. The molecule has 0 aliphatic heterocycles. The lowest BCUT2D eigenvalue weighted by atomic mass is 10.1. The summed E-state index contributed by atoms with van der Waals surface area (Å²) in [4.78, 5) is 0. The minimum Gasteiger partial charge on any atom is -0.324 e. The predicted molar refractivity (Wildman–Crippen MR) is 48.7 cm³/mol. The van der Waals surface area contributed by atoms with Crippen molar-refractivity contribution in [1.29, 1.82) is 0 Å². The SMILES string of the molecule is NC(CCCl)c1ccccc1. The third-order valence-corrected chi connectivity index (χ3v) is 1.87. The van der Waals surface area contributed by atoms with Gasteiger partial charge in [0.25, 0.3) is 0 Å². The highest BCUT2D eigenvalue weighted by Crippen LogP contribution is 2.13. The summed E-state index contributed by atoms with van der Waals surface area (Å²) in [7, 11) is 0. The topological polar surface area (TPSA) is 26.0 Å². The fourth-order valence-corrected chi connectivity index (χ4v) is 1.22. The van der Waals surface area contributed by atoms with Gasteiger partial charge in [0, 0.05) is 11.9 Å². The second-order valence-corrected chi connectivity index (χ2v) is 2.87. The summed E-state index contributed by atoms with van der Waals surface area (Å²) >= 11 is 5.57. The zero-order valence-corrected chi connectivity index (χ0v) is 7.09. The van der Waals surface area contributed by atoms with Crippen LogP contribution >= 0.6 is 11.6 Å². The molecular weight excluding hydrogens is 158 g/mol. The van der Waals surface area contributed by atoms with Crippen LogP contribution in [-0.2, 0) is 0 Å². The second kappa shape index (κ2) is 4.37. The van der Waals surface area contributed by atoms with Crippen LogP contribution in [0.5, 0.6) is 0 Å². The molecule has 0 heterocycles. The van der Waals surface area contributed by atoms with Gasteiger partial charge in [-0.2, -0.15) is 0 Å². The van der Waals surface area contributed by atoms with E-state index in [-0.39, 0.29) is 6.04 Å². The van der Waals surface area contributed by atoms with Gasteiger partial charge >= 0.3 is 0 Å². The first-order valence-corrected chi connectivity index (χ1v) is 4.24. The van der Waals surface area contributed by atoms with Crippen LogP contribution in [0, 0.1) is 0 Å². The number of halogens is 1. The van der Waals surface area contributed by atoms with Gasteiger partial charge in [0.15, 0.2) is 0 Å². The Morgan fingerprint density at radius 3 is 2.45 bits per heavy atom. The molecule has 1 rings (SSSR count). The summed E-state index contributed by atoms with van der Waals surface area (Å²) in [6, 6.07) is 10.1. The van der Waals surface area contributed by atoms with Crippen LogP contribution < -0.4 is 5.73 Å². The molecule has 1 atom stereocenters. The van der Waals surface area contributed by atoms with Crippen LogP contribution in [0.2, 0.25) is 0 Å². The van der Waals surface area contributed by atoms with E-state index in [1.807, 2.05) is 30.3 Å². The molecule has 0 aliphatic rings. The monoisotopic (exact) mass is 169 g/mol. The fraction of sp³-hybridized carbons (Fsp3) is 0.333. The van der Waals surface area contributed by atoms with Crippen LogP contribution in [0.25, 0.3) is 0 Å². The Labute approximate surface area is 72.2 Å². The first kappa shape index (κ1) is 8.57. The fourth-order valence-electron chi connectivity index (χ4n) is 0.984. The lowest BCUT2D eigenvalue weighted by Crippen LogP contribution is -2.10. The van der Waals surface area contributed by atoms with E-state index in [0.29, 0.717) is 5.88 Å². The van der Waals surface area contributed by atoms with E-state index >= 15 is 0 Å². The predicted octanol–water partition coefficient (Wildman–Crippen LogP) is 2.32. The molecule has 0 aliphatic carbocycles. The molecule has 1 aromatic carbocycles. The van der Waals surface area contributed by atoms with Crippen LogP contribution in [0.15, 0.2) is 30.3 Å². The minimum absolute atomic E-state index is 0.0914. The first-order chi connectivity index (χ1) is 5.34. The standard InChI is InChI=1S/C9H12ClN/c10-7-6-9(11)8-4-2-1-3-5-8/h1-5,9H,6-7,11H2. The Bertz CT molecular complexity index is 198. The number of rotatable bonds is 3. The Morgan fingerprint density at radius 1 is 1.27 bits per heavy atom. The Morgan fingerprint density at radius 2 is 1.91 bits per heavy atom. The summed E-state index contributed by atoms with van der Waals surface area (Å²) in [6.45, 7) is 0. The van der Waals surface area contributed by atoms with Gasteiger partial charge < -0.3 is 5.73 Å². The molecule has 0 fully saturated rings. The molecule has 60 valence electrons. The van der Waals surface area contributed by atoms with Gasteiger partial charge in [-0.15, -0.1) is 11.6 Å². The van der Waals surface area contributed by atoms with E-state index in [0.717, 1.165) is 12.0 Å². The van der Waals surface area contributed by atoms with Gasteiger partial charge in [0.2, 0.25) is 0 Å². The number of hydrogen-bond acceptors (Lipinski definition) is 1. The summed E-state index contributed by atoms with van der Waals surface area (Å²) < 4.78 is 0. The molecule has 0 bridgehead atoms. The third kappa shape index (κ3) is 2.52. The van der Waals surface area contributed by atoms with E-state index in [1.165, 1.54) is 0 Å². The maximum Gasteiger partial charge on any atom is 0.0306 e. The second-order valence-electron chi connectivity index (χ2n) is 2.49. The highest BCUT2D eigenvalue weighted by Gasteiger charge is 2.02. The zero-order valence-electron chi connectivity index (χ0n) is 6.33. The van der Waals surface area contributed by atoms with Crippen molar-refractivity contribution in [2.75, 3.05) is 5.88 Å². The van der Waals surface area contributed by atoms with Crippen molar-refractivity contribution < 1.29 is 0 Å². The smallest absolute Gasteiger partial charge is 0.0306 e. The van der Waals surface area contributed by atoms with E-state index in [4.69, 9.17) is 17.3 Å². The average molecular weight is 170 g/mol. The molecule has 0 saturated heterocycles. The maximum atomic E-state index is 5.82. The average Bonchev–Trinajstić information content (AvgIpc) is 2.07. The Balaban J connectivity index is 2.61. The van der Waals surface area contributed by atoms with Crippen LogP contribution in [-0.4, -0.2) is 5.88 Å². The van der Waals surface area contributed by atoms with E-state index in [1.54, 1.807) is 0 Å². The molecule has 0 radical (unpaired) electrons. The van der Waals surface area contributed by atoms with E-state index < -0.39 is 0 Å². The van der Waals surface area contributed by atoms with Gasteiger partial charge in [-0.1, -0.05) is 30.3 Å². The molecule has 0 amide bonds. The molecule has 2 heteroatoms. The van der Waals surface area contributed by atoms with Crippen molar-refractivity contribution in [2.45, 2.75) is 12.5 Å². The van der Waals surface area contributed by atoms with Gasteiger partial charge in [0.05, 0.1) is 0 Å². The van der Waals surface area contributed by atoms with Gasteiger partial charge in [0.1, 0.15) is 0 Å². The molecular formula is C9H12ClN. The molecule has 1 aromatic rings. The van der Waals surface area contributed by atoms with Gasteiger partial charge in [-0.05, 0) is 12.0 Å². The van der Waals surface area contributed by atoms with Crippen molar-refractivity contribution in [1.82, 2.24) is 0 Å². The zero-order chi connectivity index (χ0) is 8.10. The lowest BCUT2D eigenvalue weighted by Gasteiger charge is -2.08. The van der Waals surface area contributed by atoms with E-state index in [2.05, 4.69) is 0 Å². The maximum absolute atomic E-state index is 5.82. The highest BCUT2D eigenvalue weighted by molar-refractivity contribution is 6.17. The highest BCUT2D eigenvalue weighted by atomic mass is 35.5. The number of nitrogens with two attached hydrogens (primary N) is 1. The van der Waals surface area contributed by atoms with Crippen molar-refractivity contribution in [3.05, 3.63) is 35.9 Å². The lowest BCUT2D eigenvalue weighted by molar-refractivity contribution is 0.703. The molecule has 0 aromatic heterocycles. The molecule has 1 unspecified atom stereocenters. The normalized spacial score (nSPS) is 12.9. The number of alkyl halides is 1. The van der Waals surface area contributed by atoms with Crippen molar-refractivity contribution >= 4 is 11.6 Å². The van der Waals surface area contributed by atoms with Crippen molar-refractivity contribution in [2.24, 2.45) is 5.73 Å². The molecule has 0 saturated carbocycles. The summed E-state index contributed by atoms with van der Waals surface area (Å²) in [5, 5.41) is 0. The minimum atomic E-state index is 0.0914. The quantitative estimate of drug-likeness (QED) is 0.691. The summed E-state index contributed by atoms with van der Waals surface area (Å²) in [5.41, 5.74) is 6.98. The van der Waals surface area contributed by atoms with Gasteiger partial charge in [-0.3, -0.25) is 0 Å². The third-order valence-electron chi connectivity index (χ3n) is 1.65. The van der Waals surface area contributed by atoms with Gasteiger partial charge in [-0.25, -0.2) is 0 Å². The Kier molecular flexibility index (Phi) is 3.40. The number of hydrogen-bond donors (Lipinski definition) is 1.